The number of rotatable bonds is 5. The zero-order chi connectivity index (χ0) is 16.2. The van der Waals surface area contributed by atoms with Crippen LogP contribution in [0, 0.1) is 5.92 Å². The minimum Gasteiger partial charge on any atom is -0.434 e. The van der Waals surface area contributed by atoms with E-state index in [9.17, 15) is 8.78 Å². The van der Waals surface area contributed by atoms with E-state index in [0.717, 1.165) is 44.0 Å². The highest BCUT2D eigenvalue weighted by Crippen LogP contribution is 2.29. The number of piperidine rings is 1. The van der Waals surface area contributed by atoms with E-state index in [1.807, 2.05) is 0 Å². The lowest BCUT2D eigenvalue weighted by atomic mass is 9.88. The van der Waals surface area contributed by atoms with E-state index in [1.165, 1.54) is 18.9 Å². The number of hydrogen-bond acceptors (Lipinski definition) is 3. The number of halogens is 3. The SMILES string of the molecule is FC(F)Oc1ccc(Cl)cc1CN1CCC(C2CCCN2)CC1. The molecule has 0 aliphatic carbocycles. The summed E-state index contributed by atoms with van der Waals surface area (Å²) in [5.74, 6) is 0.967. The van der Waals surface area contributed by atoms with Crippen molar-refractivity contribution >= 4 is 11.6 Å². The van der Waals surface area contributed by atoms with Gasteiger partial charge in [-0.2, -0.15) is 8.78 Å². The van der Waals surface area contributed by atoms with Gasteiger partial charge >= 0.3 is 6.61 Å². The monoisotopic (exact) mass is 344 g/mol. The maximum atomic E-state index is 12.5. The van der Waals surface area contributed by atoms with Gasteiger partial charge in [0.2, 0.25) is 0 Å². The molecule has 2 fully saturated rings. The Balaban J connectivity index is 1.58. The zero-order valence-corrected chi connectivity index (χ0v) is 13.9. The number of benzene rings is 1. The van der Waals surface area contributed by atoms with Crippen LogP contribution in [0.25, 0.3) is 0 Å². The number of ether oxygens (including phenoxy) is 1. The van der Waals surface area contributed by atoms with Gasteiger partial charge in [0, 0.05) is 23.2 Å². The first-order valence-electron chi connectivity index (χ1n) is 8.31. The third kappa shape index (κ3) is 4.55. The molecule has 1 atom stereocenters. The van der Waals surface area contributed by atoms with E-state index >= 15 is 0 Å². The Bertz CT molecular complexity index is 515. The van der Waals surface area contributed by atoms with Crippen molar-refractivity contribution in [3.63, 3.8) is 0 Å². The average Bonchev–Trinajstić information content (AvgIpc) is 3.05. The number of nitrogens with one attached hydrogen (secondary N) is 1. The lowest BCUT2D eigenvalue weighted by Gasteiger charge is -2.35. The van der Waals surface area contributed by atoms with Gasteiger partial charge in [-0.1, -0.05) is 11.6 Å². The average molecular weight is 345 g/mol. The largest absolute Gasteiger partial charge is 0.434 e. The summed E-state index contributed by atoms with van der Waals surface area (Å²) in [4.78, 5) is 2.30. The molecular weight excluding hydrogens is 322 g/mol. The summed E-state index contributed by atoms with van der Waals surface area (Å²) in [6.07, 6.45) is 4.87. The van der Waals surface area contributed by atoms with E-state index in [0.29, 0.717) is 17.6 Å². The van der Waals surface area contributed by atoms with E-state index < -0.39 is 6.61 Å². The molecule has 0 amide bonds. The molecule has 1 aromatic rings. The normalized spacial score (nSPS) is 23.6. The molecule has 3 rings (SSSR count). The summed E-state index contributed by atoms with van der Waals surface area (Å²) in [5, 5.41) is 4.14. The van der Waals surface area contributed by atoms with Gasteiger partial charge in [-0.15, -0.1) is 0 Å². The fourth-order valence-electron chi connectivity index (χ4n) is 3.75. The molecule has 6 heteroatoms. The van der Waals surface area contributed by atoms with Gasteiger partial charge in [0.25, 0.3) is 0 Å². The summed E-state index contributed by atoms with van der Waals surface area (Å²) in [5.41, 5.74) is 0.732. The van der Waals surface area contributed by atoms with Crippen LogP contribution in [0.15, 0.2) is 18.2 Å². The van der Waals surface area contributed by atoms with Crippen LogP contribution in [0.4, 0.5) is 8.78 Å². The predicted octanol–water partition coefficient (Wildman–Crippen LogP) is 3.91. The van der Waals surface area contributed by atoms with Crippen LogP contribution in [0.2, 0.25) is 5.02 Å². The molecule has 2 aliphatic heterocycles. The minimum absolute atomic E-state index is 0.226. The highest BCUT2D eigenvalue weighted by atomic mass is 35.5. The Kier molecular flexibility index (Phi) is 5.72. The summed E-state index contributed by atoms with van der Waals surface area (Å²) < 4.78 is 29.7. The van der Waals surface area contributed by atoms with E-state index in [-0.39, 0.29) is 5.75 Å². The molecule has 1 N–H and O–H groups in total. The van der Waals surface area contributed by atoms with Crippen LogP contribution in [0.1, 0.15) is 31.2 Å². The number of nitrogens with zero attached hydrogens (tertiary/aromatic N) is 1. The Morgan fingerprint density at radius 1 is 1.26 bits per heavy atom. The first-order chi connectivity index (χ1) is 11.1. The van der Waals surface area contributed by atoms with Crippen LogP contribution >= 0.6 is 11.6 Å². The summed E-state index contributed by atoms with van der Waals surface area (Å²) in [6, 6.07) is 5.50. The Labute approximate surface area is 140 Å². The Morgan fingerprint density at radius 3 is 2.70 bits per heavy atom. The fourth-order valence-corrected chi connectivity index (χ4v) is 3.95. The van der Waals surface area contributed by atoms with Crippen LogP contribution in [0.5, 0.6) is 5.75 Å². The third-order valence-corrected chi connectivity index (χ3v) is 5.17. The molecule has 1 aromatic carbocycles. The first kappa shape index (κ1) is 16.9. The summed E-state index contributed by atoms with van der Waals surface area (Å²) >= 11 is 6.01. The molecule has 1 unspecified atom stereocenters. The van der Waals surface area contributed by atoms with Crippen molar-refractivity contribution in [1.82, 2.24) is 10.2 Å². The molecule has 0 bridgehead atoms. The lowest BCUT2D eigenvalue weighted by Crippen LogP contribution is -2.40. The lowest BCUT2D eigenvalue weighted by molar-refractivity contribution is -0.0508. The number of likely N-dealkylation sites (tertiary alicyclic amines) is 1. The van der Waals surface area contributed by atoms with Gasteiger partial charge < -0.3 is 10.1 Å². The van der Waals surface area contributed by atoms with Crippen molar-refractivity contribution in [1.29, 1.82) is 0 Å². The smallest absolute Gasteiger partial charge is 0.387 e. The number of alkyl halides is 2. The molecule has 2 aliphatic rings. The molecule has 128 valence electrons. The van der Waals surface area contributed by atoms with E-state index in [4.69, 9.17) is 11.6 Å². The molecule has 2 heterocycles. The second-order valence-electron chi connectivity index (χ2n) is 6.45. The summed E-state index contributed by atoms with van der Waals surface area (Å²) in [7, 11) is 0. The van der Waals surface area contributed by atoms with Crippen molar-refractivity contribution in [2.24, 2.45) is 5.92 Å². The Hall–Kier alpha value is -0.910. The van der Waals surface area contributed by atoms with Gasteiger partial charge in [-0.3, -0.25) is 4.90 Å². The predicted molar refractivity (Wildman–Crippen MR) is 87.1 cm³/mol. The first-order valence-corrected chi connectivity index (χ1v) is 8.68. The maximum absolute atomic E-state index is 12.5. The van der Waals surface area contributed by atoms with Crippen molar-refractivity contribution in [3.05, 3.63) is 28.8 Å². The van der Waals surface area contributed by atoms with Crippen molar-refractivity contribution < 1.29 is 13.5 Å². The van der Waals surface area contributed by atoms with Gasteiger partial charge in [-0.25, -0.2) is 0 Å². The van der Waals surface area contributed by atoms with Crippen molar-refractivity contribution in [2.45, 2.75) is 44.9 Å². The molecular formula is C17H23ClF2N2O. The highest BCUT2D eigenvalue weighted by molar-refractivity contribution is 6.30. The molecule has 0 radical (unpaired) electrons. The van der Waals surface area contributed by atoms with Crippen LogP contribution in [-0.4, -0.2) is 37.2 Å². The quantitative estimate of drug-likeness (QED) is 0.876. The van der Waals surface area contributed by atoms with Crippen LogP contribution in [-0.2, 0) is 6.54 Å². The van der Waals surface area contributed by atoms with Gasteiger partial charge in [-0.05, 0) is 69.4 Å². The van der Waals surface area contributed by atoms with Gasteiger partial charge in [0.15, 0.2) is 0 Å². The molecule has 0 aromatic heterocycles. The fraction of sp³-hybridized carbons (Fsp3) is 0.647. The Morgan fingerprint density at radius 2 is 2.04 bits per heavy atom. The minimum atomic E-state index is -2.81. The van der Waals surface area contributed by atoms with E-state index in [2.05, 4.69) is 15.0 Å². The molecule has 0 saturated carbocycles. The molecule has 23 heavy (non-hydrogen) atoms. The second kappa shape index (κ2) is 7.77. The van der Waals surface area contributed by atoms with Gasteiger partial charge in [0.1, 0.15) is 5.75 Å². The second-order valence-corrected chi connectivity index (χ2v) is 6.88. The highest BCUT2D eigenvalue weighted by Gasteiger charge is 2.28. The zero-order valence-electron chi connectivity index (χ0n) is 13.1. The standard InChI is InChI=1S/C17H23ClF2N2O/c18-14-3-4-16(23-17(19)20)13(10-14)11-22-8-5-12(6-9-22)15-2-1-7-21-15/h3-4,10,12,15,17,21H,1-2,5-9,11H2. The maximum Gasteiger partial charge on any atom is 0.387 e. The van der Waals surface area contributed by atoms with Crippen molar-refractivity contribution in [3.8, 4) is 5.75 Å². The molecule has 0 spiro atoms. The van der Waals surface area contributed by atoms with Crippen LogP contribution < -0.4 is 10.1 Å². The topological polar surface area (TPSA) is 24.5 Å². The third-order valence-electron chi connectivity index (χ3n) is 4.93. The molecule has 3 nitrogen and oxygen atoms in total. The van der Waals surface area contributed by atoms with Crippen LogP contribution in [0.3, 0.4) is 0 Å². The van der Waals surface area contributed by atoms with E-state index in [1.54, 1.807) is 12.1 Å². The van der Waals surface area contributed by atoms with Gasteiger partial charge in [0.05, 0.1) is 0 Å². The molecule has 2 saturated heterocycles. The number of hydrogen-bond donors (Lipinski definition) is 1. The van der Waals surface area contributed by atoms with Crippen molar-refractivity contribution in [2.75, 3.05) is 19.6 Å². The summed E-state index contributed by atoms with van der Waals surface area (Å²) in [6.45, 7) is 0.913.